The second-order valence-corrected chi connectivity index (χ2v) is 7.23. The quantitative estimate of drug-likeness (QED) is 0.818. The molecule has 3 aliphatic rings. The molecule has 0 spiro atoms. The second kappa shape index (κ2) is 3.96. The Balaban J connectivity index is 1.70. The number of ether oxygens (including phenoxy) is 1. The van der Waals surface area contributed by atoms with Gasteiger partial charge in [-0.1, -0.05) is 20.8 Å². The third-order valence-electron chi connectivity index (χ3n) is 6.41. The standard InChI is InChI=1S/C15H25NO2/c1-14(2)11-4-6-15(14,3)12(8-11)16-13(17)10-5-7-18-9-10/h10-12H,4-9H2,1-3H3,(H,16,17)/t10-,11-,12+,15-/m0/s1. The van der Waals surface area contributed by atoms with E-state index in [1.807, 2.05) is 0 Å². The van der Waals surface area contributed by atoms with Crippen molar-refractivity contribution >= 4 is 5.91 Å². The largest absolute Gasteiger partial charge is 0.381 e. The molecule has 1 saturated heterocycles. The Hall–Kier alpha value is -0.570. The molecule has 2 bridgehead atoms. The molecular formula is C15H25NO2. The van der Waals surface area contributed by atoms with Gasteiger partial charge in [0.15, 0.2) is 0 Å². The van der Waals surface area contributed by atoms with Gasteiger partial charge in [0.1, 0.15) is 0 Å². The number of hydrogen-bond donors (Lipinski definition) is 1. The highest BCUT2D eigenvalue weighted by molar-refractivity contribution is 5.79. The number of hydrogen-bond acceptors (Lipinski definition) is 2. The van der Waals surface area contributed by atoms with Gasteiger partial charge in [0.05, 0.1) is 12.5 Å². The molecule has 3 nitrogen and oxygen atoms in total. The van der Waals surface area contributed by atoms with Gasteiger partial charge in [-0.05, 0) is 42.4 Å². The van der Waals surface area contributed by atoms with Crippen LogP contribution in [0, 0.1) is 22.7 Å². The zero-order valence-corrected chi connectivity index (χ0v) is 11.8. The van der Waals surface area contributed by atoms with E-state index in [-0.39, 0.29) is 17.2 Å². The Kier molecular flexibility index (Phi) is 2.74. The zero-order chi connectivity index (χ0) is 13.0. The maximum absolute atomic E-state index is 12.2. The Morgan fingerprint density at radius 2 is 2.06 bits per heavy atom. The molecule has 0 aromatic heterocycles. The summed E-state index contributed by atoms with van der Waals surface area (Å²) in [7, 11) is 0. The summed E-state index contributed by atoms with van der Waals surface area (Å²) in [4.78, 5) is 12.2. The first-order valence-electron chi connectivity index (χ1n) is 7.33. The molecule has 18 heavy (non-hydrogen) atoms. The van der Waals surface area contributed by atoms with Crippen LogP contribution in [0.2, 0.25) is 0 Å². The SMILES string of the molecule is CC1(C)[C@H]2CC[C@@]1(C)[C@H](NC(=O)[C@H]1CCOC1)C2. The van der Waals surface area contributed by atoms with Gasteiger partial charge in [0, 0.05) is 12.6 Å². The molecule has 0 aromatic rings. The summed E-state index contributed by atoms with van der Waals surface area (Å²) in [5, 5.41) is 3.33. The Morgan fingerprint density at radius 1 is 1.28 bits per heavy atom. The van der Waals surface area contributed by atoms with Gasteiger partial charge in [-0.15, -0.1) is 0 Å². The van der Waals surface area contributed by atoms with Crippen LogP contribution in [-0.4, -0.2) is 25.2 Å². The number of amides is 1. The van der Waals surface area contributed by atoms with Crippen molar-refractivity contribution in [1.82, 2.24) is 5.32 Å². The Morgan fingerprint density at radius 3 is 2.56 bits per heavy atom. The van der Waals surface area contributed by atoms with Gasteiger partial charge in [-0.25, -0.2) is 0 Å². The van der Waals surface area contributed by atoms with Gasteiger partial charge >= 0.3 is 0 Å². The highest BCUT2D eigenvalue weighted by atomic mass is 16.5. The molecule has 0 unspecified atom stereocenters. The number of carbonyl (C=O) groups is 1. The van der Waals surface area contributed by atoms with E-state index in [2.05, 4.69) is 26.1 Å². The fourth-order valence-corrected chi connectivity index (χ4v) is 4.45. The van der Waals surface area contributed by atoms with E-state index in [0.717, 1.165) is 18.9 Å². The van der Waals surface area contributed by atoms with Crippen molar-refractivity contribution < 1.29 is 9.53 Å². The van der Waals surface area contributed by atoms with Crippen LogP contribution in [0.3, 0.4) is 0 Å². The molecule has 3 fully saturated rings. The van der Waals surface area contributed by atoms with Crippen LogP contribution in [0.15, 0.2) is 0 Å². The van der Waals surface area contributed by atoms with Crippen LogP contribution in [0.1, 0.15) is 46.5 Å². The minimum absolute atomic E-state index is 0.0934. The highest BCUT2D eigenvalue weighted by Crippen LogP contribution is 2.65. The third-order valence-corrected chi connectivity index (χ3v) is 6.41. The van der Waals surface area contributed by atoms with E-state index in [1.54, 1.807) is 0 Å². The summed E-state index contributed by atoms with van der Waals surface area (Å²) >= 11 is 0. The van der Waals surface area contributed by atoms with Crippen molar-refractivity contribution in [3.05, 3.63) is 0 Å². The minimum Gasteiger partial charge on any atom is -0.381 e. The number of nitrogens with one attached hydrogen (secondary N) is 1. The normalized spacial score (nSPS) is 45.4. The summed E-state index contributed by atoms with van der Waals surface area (Å²) in [5.74, 6) is 1.10. The number of rotatable bonds is 2. The molecule has 3 rings (SSSR count). The lowest BCUT2D eigenvalue weighted by Gasteiger charge is -2.39. The predicted molar refractivity (Wildman–Crippen MR) is 70.1 cm³/mol. The molecule has 1 heterocycles. The topological polar surface area (TPSA) is 38.3 Å². The van der Waals surface area contributed by atoms with E-state index in [9.17, 15) is 4.79 Å². The first-order chi connectivity index (χ1) is 8.45. The third kappa shape index (κ3) is 1.56. The molecule has 2 saturated carbocycles. The molecule has 1 aliphatic heterocycles. The van der Waals surface area contributed by atoms with Gasteiger partial charge in [-0.2, -0.15) is 0 Å². The Labute approximate surface area is 110 Å². The lowest BCUT2D eigenvalue weighted by Crippen LogP contribution is -2.48. The van der Waals surface area contributed by atoms with E-state index < -0.39 is 0 Å². The van der Waals surface area contributed by atoms with Crippen LogP contribution in [0.25, 0.3) is 0 Å². The molecule has 3 heteroatoms. The first kappa shape index (κ1) is 12.5. The fraction of sp³-hybridized carbons (Fsp3) is 0.933. The van der Waals surface area contributed by atoms with Crippen molar-refractivity contribution in [3.63, 3.8) is 0 Å². The highest BCUT2D eigenvalue weighted by Gasteiger charge is 2.61. The minimum atomic E-state index is 0.0934. The van der Waals surface area contributed by atoms with E-state index >= 15 is 0 Å². The Bertz CT molecular complexity index is 360. The molecule has 4 atom stereocenters. The maximum atomic E-state index is 12.2. The summed E-state index contributed by atoms with van der Waals surface area (Å²) < 4.78 is 5.31. The molecule has 2 aliphatic carbocycles. The van der Waals surface area contributed by atoms with Crippen molar-refractivity contribution in [2.45, 2.75) is 52.5 Å². The van der Waals surface area contributed by atoms with Crippen LogP contribution in [-0.2, 0) is 9.53 Å². The van der Waals surface area contributed by atoms with Gasteiger partial charge < -0.3 is 10.1 Å². The van der Waals surface area contributed by atoms with Crippen LogP contribution >= 0.6 is 0 Å². The van der Waals surface area contributed by atoms with Crippen molar-refractivity contribution in [1.29, 1.82) is 0 Å². The smallest absolute Gasteiger partial charge is 0.225 e. The number of fused-ring (bicyclic) bond motifs is 2. The van der Waals surface area contributed by atoms with Crippen LogP contribution in [0.5, 0.6) is 0 Å². The summed E-state index contributed by atoms with van der Waals surface area (Å²) in [6.07, 6.45) is 4.66. The van der Waals surface area contributed by atoms with Crippen molar-refractivity contribution in [2.24, 2.45) is 22.7 Å². The zero-order valence-electron chi connectivity index (χ0n) is 11.8. The number of carbonyl (C=O) groups excluding carboxylic acids is 1. The molecule has 0 aromatic carbocycles. The predicted octanol–water partition coefficient (Wildman–Crippen LogP) is 2.35. The van der Waals surface area contributed by atoms with E-state index in [1.165, 1.54) is 19.3 Å². The van der Waals surface area contributed by atoms with Gasteiger partial charge in [0.25, 0.3) is 0 Å². The van der Waals surface area contributed by atoms with E-state index in [0.29, 0.717) is 18.1 Å². The summed E-state index contributed by atoms with van der Waals surface area (Å²) in [6.45, 7) is 8.50. The van der Waals surface area contributed by atoms with Gasteiger partial charge in [0.2, 0.25) is 5.91 Å². The summed E-state index contributed by atoms with van der Waals surface area (Å²) in [5.41, 5.74) is 0.657. The maximum Gasteiger partial charge on any atom is 0.225 e. The monoisotopic (exact) mass is 251 g/mol. The van der Waals surface area contributed by atoms with Crippen molar-refractivity contribution in [2.75, 3.05) is 13.2 Å². The van der Waals surface area contributed by atoms with Crippen LogP contribution < -0.4 is 5.32 Å². The first-order valence-corrected chi connectivity index (χ1v) is 7.33. The lowest BCUT2D eigenvalue weighted by atomic mass is 9.69. The average Bonchev–Trinajstić information content (AvgIpc) is 2.95. The molecular weight excluding hydrogens is 226 g/mol. The van der Waals surface area contributed by atoms with Crippen LogP contribution in [0.4, 0.5) is 0 Å². The lowest BCUT2D eigenvalue weighted by molar-refractivity contribution is -0.126. The fourth-order valence-electron chi connectivity index (χ4n) is 4.45. The molecule has 0 radical (unpaired) electrons. The van der Waals surface area contributed by atoms with Gasteiger partial charge in [-0.3, -0.25) is 4.79 Å². The summed E-state index contributed by atoms with van der Waals surface area (Å²) in [6, 6.07) is 0.374. The van der Waals surface area contributed by atoms with E-state index in [4.69, 9.17) is 4.74 Å². The molecule has 1 N–H and O–H groups in total. The molecule has 102 valence electrons. The molecule has 1 amide bonds. The second-order valence-electron chi connectivity index (χ2n) is 7.23. The van der Waals surface area contributed by atoms with Crippen molar-refractivity contribution in [3.8, 4) is 0 Å². The average molecular weight is 251 g/mol.